The predicted octanol–water partition coefficient (Wildman–Crippen LogP) is 23.2. The second-order valence-electron chi connectivity index (χ2n) is 22.4. The number of allylic oxidation sites excluding steroid dienone is 16. The Morgan fingerprint density at radius 2 is 0.494 bits per heavy atom. The summed E-state index contributed by atoms with van der Waals surface area (Å²) in [6.07, 6.45) is 89.8. The van der Waals surface area contributed by atoms with E-state index in [0.717, 1.165) is 116 Å². The van der Waals surface area contributed by atoms with Gasteiger partial charge in [0.25, 0.3) is 0 Å². The second kappa shape index (κ2) is 66.8. The SMILES string of the molecule is CC/C=C\C/C=C\C/C=C\C/C=C\C/C=C\CCCCCCCCCCCC(=O)OCC(COC(=O)CCCCCCCCCCCCCCC)OC(=O)CCCCCCCCCC/C=C\C/C=C\C/C=C\CCCCCCC. The van der Waals surface area contributed by atoms with E-state index >= 15 is 0 Å². The first kappa shape index (κ1) is 75.3. The van der Waals surface area contributed by atoms with Crippen molar-refractivity contribution in [3.05, 3.63) is 97.2 Å². The van der Waals surface area contributed by atoms with Crippen molar-refractivity contribution in [2.24, 2.45) is 0 Å². The van der Waals surface area contributed by atoms with Crippen molar-refractivity contribution >= 4 is 17.9 Å². The highest BCUT2D eigenvalue weighted by molar-refractivity contribution is 5.71. The van der Waals surface area contributed by atoms with Gasteiger partial charge in [0.1, 0.15) is 13.2 Å². The van der Waals surface area contributed by atoms with Crippen LogP contribution in [0.15, 0.2) is 97.2 Å². The lowest BCUT2D eigenvalue weighted by molar-refractivity contribution is -0.167. The van der Waals surface area contributed by atoms with Gasteiger partial charge in [0.05, 0.1) is 0 Å². The van der Waals surface area contributed by atoms with Gasteiger partial charge in [0.15, 0.2) is 6.10 Å². The molecule has 6 nitrogen and oxygen atoms in total. The molecule has 0 radical (unpaired) electrons. The minimum absolute atomic E-state index is 0.0796. The lowest BCUT2D eigenvalue weighted by Crippen LogP contribution is -2.30. The number of carbonyl (C=O) groups excluding carboxylic acids is 3. The molecule has 0 N–H and O–H groups in total. The van der Waals surface area contributed by atoms with Crippen LogP contribution in [0, 0.1) is 0 Å². The van der Waals surface area contributed by atoms with Crippen LogP contribution in [0.2, 0.25) is 0 Å². The first-order chi connectivity index (χ1) is 39.0. The van der Waals surface area contributed by atoms with Gasteiger partial charge in [0.2, 0.25) is 0 Å². The summed E-state index contributed by atoms with van der Waals surface area (Å²) in [5, 5.41) is 0. The highest BCUT2D eigenvalue weighted by Gasteiger charge is 2.19. The lowest BCUT2D eigenvalue weighted by Gasteiger charge is -2.18. The molecule has 0 rings (SSSR count). The van der Waals surface area contributed by atoms with Crippen LogP contribution in [0.25, 0.3) is 0 Å². The van der Waals surface area contributed by atoms with E-state index in [1.165, 1.54) is 173 Å². The summed E-state index contributed by atoms with van der Waals surface area (Å²) >= 11 is 0. The Labute approximate surface area is 489 Å². The summed E-state index contributed by atoms with van der Waals surface area (Å²) in [4.78, 5) is 38.4. The molecule has 0 aliphatic heterocycles. The van der Waals surface area contributed by atoms with Crippen LogP contribution in [0.1, 0.15) is 329 Å². The van der Waals surface area contributed by atoms with Crippen molar-refractivity contribution in [2.75, 3.05) is 13.2 Å². The van der Waals surface area contributed by atoms with Gasteiger partial charge in [-0.3, -0.25) is 14.4 Å². The van der Waals surface area contributed by atoms with E-state index < -0.39 is 6.10 Å². The molecule has 0 aromatic heterocycles. The smallest absolute Gasteiger partial charge is 0.306 e. The fourth-order valence-corrected chi connectivity index (χ4v) is 9.54. The maximum absolute atomic E-state index is 12.9. The molecule has 0 saturated carbocycles. The van der Waals surface area contributed by atoms with Crippen LogP contribution in [0.5, 0.6) is 0 Å². The molecule has 0 fully saturated rings. The van der Waals surface area contributed by atoms with Gasteiger partial charge in [-0.1, -0.05) is 304 Å². The van der Waals surface area contributed by atoms with Gasteiger partial charge in [-0.2, -0.15) is 0 Å². The average Bonchev–Trinajstić information content (AvgIpc) is 3.45. The molecule has 0 aliphatic rings. The zero-order chi connectivity index (χ0) is 57.1. The Hall–Kier alpha value is -3.67. The first-order valence-electron chi connectivity index (χ1n) is 33.7. The van der Waals surface area contributed by atoms with E-state index in [1.807, 2.05) is 0 Å². The lowest BCUT2D eigenvalue weighted by atomic mass is 10.0. The quantitative estimate of drug-likeness (QED) is 0.0261. The van der Waals surface area contributed by atoms with Crippen molar-refractivity contribution in [2.45, 2.75) is 335 Å². The third-order valence-corrected chi connectivity index (χ3v) is 14.6. The molecular formula is C73H126O6. The van der Waals surface area contributed by atoms with Crippen molar-refractivity contribution in [1.29, 1.82) is 0 Å². The Morgan fingerprint density at radius 1 is 0.266 bits per heavy atom. The molecule has 1 unspecified atom stereocenters. The van der Waals surface area contributed by atoms with E-state index in [2.05, 4.69) is 118 Å². The van der Waals surface area contributed by atoms with Gasteiger partial charge in [-0.25, -0.2) is 0 Å². The maximum atomic E-state index is 12.9. The molecule has 0 heterocycles. The molecular weight excluding hydrogens is 973 g/mol. The van der Waals surface area contributed by atoms with Gasteiger partial charge >= 0.3 is 17.9 Å². The minimum atomic E-state index is -0.785. The molecule has 0 saturated heterocycles. The highest BCUT2D eigenvalue weighted by atomic mass is 16.6. The van der Waals surface area contributed by atoms with Crippen LogP contribution < -0.4 is 0 Å². The molecule has 0 aliphatic carbocycles. The minimum Gasteiger partial charge on any atom is -0.462 e. The number of hydrogen-bond donors (Lipinski definition) is 0. The Bertz CT molecular complexity index is 1540. The third-order valence-electron chi connectivity index (χ3n) is 14.6. The zero-order valence-electron chi connectivity index (χ0n) is 52.1. The van der Waals surface area contributed by atoms with E-state index in [9.17, 15) is 14.4 Å². The standard InChI is InChI=1S/C73H126O6/c1-4-7-10-13-16-19-22-25-27-29-31-33-35-36-38-39-41-43-45-48-51-54-57-60-63-66-72(75)78-69-70(68-77-71(74)65-62-59-56-53-50-47-24-21-18-15-12-9-6-3)79-73(76)67-64-61-58-55-52-49-46-44-42-40-37-34-32-30-28-26-23-20-17-14-11-8-5-2/h7,10,16,19,23,25-27,30-33,36-38,40,70H,4-6,8-9,11-15,17-18,20-22,24,28-29,34-35,39,41-69H2,1-3H3/b10-7-,19-16-,26-23-,27-25-,32-30-,33-31-,38-36-,40-37-. The largest absolute Gasteiger partial charge is 0.462 e. The molecule has 6 heteroatoms. The van der Waals surface area contributed by atoms with Gasteiger partial charge in [0, 0.05) is 19.3 Å². The number of esters is 3. The highest BCUT2D eigenvalue weighted by Crippen LogP contribution is 2.17. The Balaban J connectivity index is 4.34. The van der Waals surface area contributed by atoms with Gasteiger partial charge < -0.3 is 14.2 Å². The predicted molar refractivity (Wildman–Crippen MR) is 344 cm³/mol. The second-order valence-corrected chi connectivity index (χ2v) is 22.4. The van der Waals surface area contributed by atoms with E-state index in [1.54, 1.807) is 0 Å². The fourth-order valence-electron chi connectivity index (χ4n) is 9.54. The Kier molecular flexibility index (Phi) is 63.7. The summed E-state index contributed by atoms with van der Waals surface area (Å²) < 4.78 is 17.0. The maximum Gasteiger partial charge on any atom is 0.306 e. The summed E-state index contributed by atoms with van der Waals surface area (Å²) in [6, 6.07) is 0. The van der Waals surface area contributed by atoms with Crippen LogP contribution in [-0.2, 0) is 28.6 Å². The zero-order valence-corrected chi connectivity index (χ0v) is 52.1. The molecule has 454 valence electrons. The topological polar surface area (TPSA) is 78.9 Å². The summed E-state index contributed by atoms with van der Waals surface area (Å²) in [7, 11) is 0. The van der Waals surface area contributed by atoms with Crippen LogP contribution in [0.4, 0.5) is 0 Å². The summed E-state index contributed by atoms with van der Waals surface area (Å²) in [5.41, 5.74) is 0. The van der Waals surface area contributed by atoms with Gasteiger partial charge in [-0.15, -0.1) is 0 Å². The number of unbranched alkanes of at least 4 members (excludes halogenated alkanes) is 34. The van der Waals surface area contributed by atoms with Crippen LogP contribution in [-0.4, -0.2) is 37.2 Å². The molecule has 0 aromatic rings. The normalized spacial score (nSPS) is 12.7. The van der Waals surface area contributed by atoms with Crippen molar-refractivity contribution in [3.63, 3.8) is 0 Å². The molecule has 0 spiro atoms. The number of hydrogen-bond acceptors (Lipinski definition) is 6. The molecule has 0 aromatic carbocycles. The van der Waals surface area contributed by atoms with Crippen LogP contribution >= 0.6 is 0 Å². The van der Waals surface area contributed by atoms with Gasteiger partial charge in [-0.05, 0) is 103 Å². The number of carbonyl (C=O) groups is 3. The third kappa shape index (κ3) is 65.0. The average molecular weight is 1100 g/mol. The van der Waals surface area contributed by atoms with Crippen molar-refractivity contribution in [3.8, 4) is 0 Å². The molecule has 0 amide bonds. The molecule has 0 bridgehead atoms. The molecule has 1 atom stereocenters. The summed E-state index contributed by atoms with van der Waals surface area (Å²) in [6.45, 7) is 6.54. The van der Waals surface area contributed by atoms with E-state index in [0.29, 0.717) is 19.3 Å². The number of ether oxygens (including phenoxy) is 3. The Morgan fingerprint density at radius 3 is 0.772 bits per heavy atom. The monoisotopic (exact) mass is 1100 g/mol. The van der Waals surface area contributed by atoms with Crippen LogP contribution in [0.3, 0.4) is 0 Å². The van der Waals surface area contributed by atoms with E-state index in [-0.39, 0.29) is 31.1 Å². The van der Waals surface area contributed by atoms with Crippen molar-refractivity contribution in [1.82, 2.24) is 0 Å². The number of rotatable bonds is 61. The summed E-state index contributed by atoms with van der Waals surface area (Å²) in [5.74, 6) is -0.880. The fraction of sp³-hybridized carbons (Fsp3) is 0.740. The van der Waals surface area contributed by atoms with E-state index in [4.69, 9.17) is 14.2 Å². The van der Waals surface area contributed by atoms with Crippen molar-refractivity contribution < 1.29 is 28.6 Å². The molecule has 79 heavy (non-hydrogen) atoms. The first-order valence-corrected chi connectivity index (χ1v) is 33.7.